The molecule has 0 atom stereocenters. The van der Waals surface area contributed by atoms with Crippen molar-refractivity contribution in [3.05, 3.63) is 34.4 Å². The SMILES string of the molecule is COC(=O)CN(C)C(=O)c1cc(F)c(F)cc1Cl. The van der Waals surface area contributed by atoms with Crippen LogP contribution in [0.25, 0.3) is 0 Å². The lowest BCUT2D eigenvalue weighted by Crippen LogP contribution is -2.32. The van der Waals surface area contributed by atoms with Gasteiger partial charge in [-0.3, -0.25) is 9.59 Å². The van der Waals surface area contributed by atoms with Crippen LogP contribution in [0, 0.1) is 11.6 Å². The average Bonchev–Trinajstić information content (AvgIpc) is 2.32. The summed E-state index contributed by atoms with van der Waals surface area (Å²) < 4.78 is 30.2. The number of benzene rings is 1. The molecule has 18 heavy (non-hydrogen) atoms. The van der Waals surface area contributed by atoms with Gasteiger partial charge in [0.25, 0.3) is 5.91 Å². The van der Waals surface area contributed by atoms with Crippen LogP contribution in [-0.4, -0.2) is 37.5 Å². The van der Waals surface area contributed by atoms with Gasteiger partial charge in [-0.1, -0.05) is 11.6 Å². The van der Waals surface area contributed by atoms with Gasteiger partial charge >= 0.3 is 5.97 Å². The normalized spacial score (nSPS) is 10.1. The number of rotatable bonds is 3. The number of carbonyl (C=O) groups excluding carboxylic acids is 2. The maximum absolute atomic E-state index is 13.0. The van der Waals surface area contributed by atoms with Crippen LogP contribution in [0.3, 0.4) is 0 Å². The molecule has 4 nitrogen and oxygen atoms in total. The van der Waals surface area contributed by atoms with Gasteiger partial charge in [-0.15, -0.1) is 0 Å². The van der Waals surface area contributed by atoms with Gasteiger partial charge < -0.3 is 9.64 Å². The van der Waals surface area contributed by atoms with Crippen LogP contribution in [0.5, 0.6) is 0 Å². The van der Waals surface area contributed by atoms with Crippen LogP contribution < -0.4 is 0 Å². The van der Waals surface area contributed by atoms with Gasteiger partial charge in [-0.25, -0.2) is 8.78 Å². The molecule has 98 valence electrons. The molecule has 0 bridgehead atoms. The number of ether oxygens (including phenoxy) is 1. The summed E-state index contributed by atoms with van der Waals surface area (Å²) in [7, 11) is 2.49. The van der Waals surface area contributed by atoms with Crippen LogP contribution in [0.2, 0.25) is 5.02 Å². The van der Waals surface area contributed by atoms with E-state index >= 15 is 0 Å². The highest BCUT2D eigenvalue weighted by Gasteiger charge is 2.20. The number of hydrogen-bond donors (Lipinski definition) is 0. The molecule has 0 aliphatic carbocycles. The van der Waals surface area contributed by atoms with Gasteiger partial charge in [-0.2, -0.15) is 0 Å². The zero-order valence-electron chi connectivity index (χ0n) is 9.67. The van der Waals surface area contributed by atoms with E-state index in [4.69, 9.17) is 11.6 Å². The Labute approximate surface area is 107 Å². The average molecular weight is 278 g/mol. The summed E-state index contributed by atoms with van der Waals surface area (Å²) >= 11 is 5.64. The van der Waals surface area contributed by atoms with Crippen molar-refractivity contribution in [2.45, 2.75) is 0 Å². The predicted molar refractivity (Wildman–Crippen MR) is 60.3 cm³/mol. The van der Waals surface area contributed by atoms with E-state index in [0.29, 0.717) is 12.1 Å². The van der Waals surface area contributed by atoms with Crippen molar-refractivity contribution in [1.29, 1.82) is 0 Å². The first-order valence-electron chi connectivity index (χ1n) is 4.83. The molecule has 1 amide bonds. The van der Waals surface area contributed by atoms with Gasteiger partial charge in [0, 0.05) is 7.05 Å². The van der Waals surface area contributed by atoms with Gasteiger partial charge in [0.2, 0.25) is 0 Å². The summed E-state index contributed by atoms with van der Waals surface area (Å²) in [5.41, 5.74) is -0.220. The Hall–Kier alpha value is -1.69. The Morgan fingerprint density at radius 3 is 2.44 bits per heavy atom. The molecule has 0 radical (unpaired) electrons. The molecule has 7 heteroatoms. The van der Waals surface area contributed by atoms with Gasteiger partial charge in [0.05, 0.1) is 17.7 Å². The van der Waals surface area contributed by atoms with Crippen molar-refractivity contribution >= 4 is 23.5 Å². The third-order valence-corrected chi connectivity index (χ3v) is 2.49. The van der Waals surface area contributed by atoms with Crippen LogP contribution in [0.4, 0.5) is 8.78 Å². The summed E-state index contributed by atoms with van der Waals surface area (Å²) in [4.78, 5) is 23.8. The zero-order valence-corrected chi connectivity index (χ0v) is 10.4. The fourth-order valence-corrected chi connectivity index (χ4v) is 1.45. The lowest BCUT2D eigenvalue weighted by molar-refractivity contribution is -0.141. The predicted octanol–water partition coefficient (Wildman–Crippen LogP) is 1.86. The van der Waals surface area contributed by atoms with Crippen molar-refractivity contribution in [3.63, 3.8) is 0 Å². The number of carbonyl (C=O) groups is 2. The summed E-state index contributed by atoms with van der Waals surface area (Å²) in [5.74, 6) is -3.67. The highest BCUT2D eigenvalue weighted by Crippen LogP contribution is 2.21. The molecule has 0 aliphatic rings. The maximum Gasteiger partial charge on any atom is 0.325 e. The van der Waals surface area contributed by atoms with Gasteiger partial charge in [0.1, 0.15) is 6.54 Å². The maximum atomic E-state index is 13.0. The summed E-state index contributed by atoms with van der Waals surface area (Å²) in [6.45, 7) is -0.315. The molecule has 0 fully saturated rings. The topological polar surface area (TPSA) is 46.6 Å². The third-order valence-electron chi connectivity index (χ3n) is 2.18. The van der Waals surface area contributed by atoms with Crippen molar-refractivity contribution in [2.75, 3.05) is 20.7 Å². The number of esters is 1. The third kappa shape index (κ3) is 3.16. The van der Waals surface area contributed by atoms with Gasteiger partial charge in [-0.05, 0) is 12.1 Å². The molecule has 0 saturated carbocycles. The molecule has 1 aromatic carbocycles. The zero-order chi connectivity index (χ0) is 13.9. The highest BCUT2D eigenvalue weighted by molar-refractivity contribution is 6.33. The highest BCUT2D eigenvalue weighted by atomic mass is 35.5. The number of likely N-dealkylation sites (N-methyl/N-ethyl adjacent to an activating group) is 1. The Balaban J connectivity index is 2.97. The minimum Gasteiger partial charge on any atom is -0.468 e. The molecule has 0 aromatic heterocycles. The molecular formula is C11H10ClF2NO3. The first-order valence-corrected chi connectivity index (χ1v) is 5.21. The van der Waals surface area contributed by atoms with E-state index in [1.807, 2.05) is 0 Å². The lowest BCUT2D eigenvalue weighted by atomic mass is 10.2. The molecule has 0 unspecified atom stereocenters. The molecular weight excluding hydrogens is 268 g/mol. The quantitative estimate of drug-likeness (QED) is 0.626. The Kier molecular flexibility index (Phi) is 4.61. The summed E-state index contributed by atoms with van der Waals surface area (Å²) in [5, 5.41) is -0.226. The number of halogens is 3. The molecule has 0 saturated heterocycles. The number of amides is 1. The van der Waals surface area contributed by atoms with Crippen LogP contribution in [0.15, 0.2) is 12.1 Å². The van der Waals surface area contributed by atoms with E-state index < -0.39 is 23.5 Å². The van der Waals surface area contributed by atoms with E-state index in [1.54, 1.807) is 0 Å². The fraction of sp³-hybridized carbons (Fsp3) is 0.273. The van der Waals surface area contributed by atoms with E-state index in [0.717, 1.165) is 4.90 Å². The van der Waals surface area contributed by atoms with E-state index in [1.165, 1.54) is 14.2 Å². The largest absolute Gasteiger partial charge is 0.468 e. The second-order valence-corrected chi connectivity index (χ2v) is 3.89. The molecule has 1 aromatic rings. The van der Waals surface area contributed by atoms with Crippen LogP contribution in [0.1, 0.15) is 10.4 Å². The Morgan fingerprint density at radius 1 is 1.33 bits per heavy atom. The minimum atomic E-state index is -1.19. The van der Waals surface area contributed by atoms with Gasteiger partial charge in [0.15, 0.2) is 11.6 Å². The Morgan fingerprint density at radius 2 is 1.89 bits per heavy atom. The van der Waals surface area contributed by atoms with Crippen molar-refractivity contribution in [2.24, 2.45) is 0 Å². The lowest BCUT2D eigenvalue weighted by Gasteiger charge is -2.16. The van der Waals surface area contributed by atoms with E-state index in [2.05, 4.69) is 4.74 Å². The Bertz CT molecular complexity index is 493. The molecule has 0 aliphatic heterocycles. The second kappa shape index (κ2) is 5.77. The first-order chi connectivity index (χ1) is 8.36. The van der Waals surface area contributed by atoms with Crippen molar-refractivity contribution in [1.82, 2.24) is 4.90 Å². The molecule has 0 spiro atoms. The number of methoxy groups -OCH3 is 1. The van der Waals surface area contributed by atoms with Crippen molar-refractivity contribution in [3.8, 4) is 0 Å². The van der Waals surface area contributed by atoms with E-state index in [9.17, 15) is 18.4 Å². The first kappa shape index (κ1) is 14.4. The monoisotopic (exact) mass is 277 g/mol. The number of nitrogens with zero attached hydrogens (tertiary/aromatic N) is 1. The van der Waals surface area contributed by atoms with Crippen molar-refractivity contribution < 1.29 is 23.1 Å². The minimum absolute atomic E-state index is 0.220. The smallest absolute Gasteiger partial charge is 0.325 e. The summed E-state index contributed by atoms with van der Waals surface area (Å²) in [6.07, 6.45) is 0. The van der Waals surface area contributed by atoms with Crippen LogP contribution in [-0.2, 0) is 9.53 Å². The number of hydrogen-bond acceptors (Lipinski definition) is 3. The second-order valence-electron chi connectivity index (χ2n) is 3.48. The molecule has 0 heterocycles. The van der Waals surface area contributed by atoms with E-state index in [-0.39, 0.29) is 17.1 Å². The molecule has 0 N–H and O–H groups in total. The van der Waals surface area contributed by atoms with Crippen LogP contribution >= 0.6 is 11.6 Å². The standard InChI is InChI=1S/C11H10ClF2NO3/c1-15(5-10(16)18-2)11(17)6-3-8(13)9(14)4-7(6)12/h3-4H,5H2,1-2H3. The fourth-order valence-electron chi connectivity index (χ4n) is 1.22. The summed E-state index contributed by atoms with van der Waals surface area (Å²) in [6, 6.07) is 1.39. The molecule has 1 rings (SSSR count).